The van der Waals surface area contributed by atoms with Crippen molar-refractivity contribution in [2.45, 2.75) is 0 Å². The van der Waals surface area contributed by atoms with Crippen molar-refractivity contribution >= 4 is 0 Å². The standard InChI is InChI=1S/3Pt.Zr. The summed E-state index contributed by atoms with van der Waals surface area (Å²) in [5, 5.41) is 0. The maximum Gasteiger partial charge on any atom is 0 e. The third-order valence-electron chi connectivity index (χ3n) is 0. The molecule has 0 aromatic rings. The molecule has 0 aliphatic heterocycles. The van der Waals surface area contributed by atoms with Crippen LogP contribution in [-0.2, 0) is 89.4 Å². The fourth-order valence-corrected chi connectivity index (χ4v) is 0. The molecule has 0 spiro atoms. The second kappa shape index (κ2) is 16.8. The van der Waals surface area contributed by atoms with Crippen molar-refractivity contribution in [2.75, 3.05) is 0 Å². The van der Waals surface area contributed by atoms with Gasteiger partial charge in [0.15, 0.2) is 0 Å². The Hall–Kier alpha value is 2.95. The fraction of sp³-hybridized carbons (Fsp3) is 0. The minimum Gasteiger partial charge on any atom is 0 e. The molecule has 0 N–H and O–H groups in total. The van der Waals surface area contributed by atoms with E-state index in [9.17, 15) is 0 Å². The van der Waals surface area contributed by atoms with Gasteiger partial charge in [0.25, 0.3) is 0 Å². The summed E-state index contributed by atoms with van der Waals surface area (Å²) < 4.78 is 0. The topological polar surface area (TPSA) is 0 Å². The third kappa shape index (κ3) is 8.87. The first-order chi connectivity index (χ1) is 0. The van der Waals surface area contributed by atoms with Crippen molar-refractivity contribution in [1.82, 2.24) is 0 Å². The Labute approximate surface area is 87.8 Å². The molecule has 0 bridgehead atoms. The predicted molar refractivity (Wildman–Crippen MR) is 0 cm³/mol. The van der Waals surface area contributed by atoms with Crippen molar-refractivity contribution in [3.63, 3.8) is 0 Å². The van der Waals surface area contributed by atoms with Crippen LogP contribution in [0.4, 0.5) is 0 Å². The summed E-state index contributed by atoms with van der Waals surface area (Å²) >= 11 is 0. The summed E-state index contributed by atoms with van der Waals surface area (Å²) in [4.78, 5) is 0. The molecule has 0 radical (unpaired) electrons. The van der Waals surface area contributed by atoms with Crippen molar-refractivity contribution in [2.24, 2.45) is 0 Å². The van der Waals surface area contributed by atoms with Crippen LogP contribution >= 0.6 is 0 Å². The Bertz CT molecular complexity index is 3.25. The van der Waals surface area contributed by atoms with Gasteiger partial charge in [-0.1, -0.05) is 0 Å². The zero-order valence-corrected chi connectivity index (χ0v) is 10.7. The van der Waals surface area contributed by atoms with E-state index in [0.717, 1.165) is 0 Å². The summed E-state index contributed by atoms with van der Waals surface area (Å²) in [5.74, 6) is 0. The maximum atomic E-state index is 0. The zero-order valence-electron chi connectivity index (χ0n) is 1.45. The summed E-state index contributed by atoms with van der Waals surface area (Å²) in [6, 6.07) is 0. The molecule has 0 heterocycles. The summed E-state index contributed by atoms with van der Waals surface area (Å²) in [6.07, 6.45) is 0. The molecule has 0 aliphatic carbocycles. The van der Waals surface area contributed by atoms with Gasteiger partial charge in [-0.3, -0.25) is 0 Å². The first-order valence-corrected chi connectivity index (χ1v) is 0. The van der Waals surface area contributed by atoms with Crippen molar-refractivity contribution in [1.29, 1.82) is 0 Å². The van der Waals surface area contributed by atoms with Crippen LogP contribution in [0.25, 0.3) is 0 Å². The Morgan fingerprint density at radius 2 is 0.500 bits per heavy atom. The van der Waals surface area contributed by atoms with Crippen LogP contribution < -0.4 is 0 Å². The monoisotopic (exact) mass is 675 g/mol. The Kier molecular flexibility index (Phi) is 118. The summed E-state index contributed by atoms with van der Waals surface area (Å²) in [5.41, 5.74) is 0. The van der Waals surface area contributed by atoms with E-state index in [1.54, 1.807) is 0 Å². The molecule has 0 unspecified atom stereocenters. The van der Waals surface area contributed by atoms with E-state index in [-0.39, 0.29) is 89.4 Å². The van der Waals surface area contributed by atoms with E-state index < -0.39 is 0 Å². The van der Waals surface area contributed by atoms with Gasteiger partial charge in [-0.05, 0) is 0 Å². The van der Waals surface area contributed by atoms with E-state index in [1.165, 1.54) is 0 Å². The molecule has 0 aromatic carbocycles. The van der Waals surface area contributed by atoms with E-state index in [4.69, 9.17) is 0 Å². The van der Waals surface area contributed by atoms with Gasteiger partial charge in [-0.25, -0.2) is 0 Å². The molecule has 0 aliphatic rings. The molecular formula is Pt3Zr. The minimum absolute atomic E-state index is 0. The van der Waals surface area contributed by atoms with Crippen molar-refractivity contribution in [3.8, 4) is 0 Å². The second-order valence-corrected chi connectivity index (χ2v) is 0. The van der Waals surface area contributed by atoms with Crippen LogP contribution in [-0.4, -0.2) is 0 Å². The zero-order chi connectivity index (χ0) is 0. The van der Waals surface area contributed by atoms with E-state index in [0.29, 0.717) is 0 Å². The van der Waals surface area contributed by atoms with E-state index >= 15 is 0 Å². The van der Waals surface area contributed by atoms with Crippen LogP contribution in [0.15, 0.2) is 0 Å². The smallest absolute Gasteiger partial charge is 0 e. The number of rotatable bonds is 0. The molecule has 34 valence electrons. The van der Waals surface area contributed by atoms with Gasteiger partial charge in [-0.2, -0.15) is 0 Å². The molecule has 4 heteroatoms. The van der Waals surface area contributed by atoms with Crippen LogP contribution in [0, 0.1) is 0 Å². The minimum atomic E-state index is 0. The van der Waals surface area contributed by atoms with Crippen molar-refractivity contribution in [3.05, 3.63) is 0 Å². The average molecular weight is 676 g/mol. The molecule has 0 fully saturated rings. The first-order valence-electron chi connectivity index (χ1n) is 0. The Morgan fingerprint density at radius 1 is 0.500 bits per heavy atom. The molecular weight excluding hydrogens is 676 g/mol. The van der Waals surface area contributed by atoms with Gasteiger partial charge in [0, 0.05) is 89.4 Å². The molecule has 0 saturated heterocycles. The normalized spacial score (nSPS) is 0. The SMILES string of the molecule is [Pt].[Pt].[Pt].[Zr]. The van der Waals surface area contributed by atoms with Gasteiger partial charge in [0.2, 0.25) is 0 Å². The van der Waals surface area contributed by atoms with Crippen LogP contribution in [0.5, 0.6) is 0 Å². The largest absolute Gasteiger partial charge is 0 e. The van der Waals surface area contributed by atoms with Gasteiger partial charge in [-0.15, -0.1) is 0 Å². The molecule has 0 saturated carbocycles. The first kappa shape index (κ1) is 28.3. The molecule has 0 atom stereocenters. The molecule has 4 heavy (non-hydrogen) atoms. The van der Waals surface area contributed by atoms with Gasteiger partial charge < -0.3 is 0 Å². The fourth-order valence-electron chi connectivity index (χ4n) is 0. The number of hydrogen-bond donors (Lipinski definition) is 0. The molecule has 0 aromatic heterocycles. The van der Waals surface area contributed by atoms with Crippen LogP contribution in [0.3, 0.4) is 0 Å². The van der Waals surface area contributed by atoms with Crippen molar-refractivity contribution < 1.29 is 89.4 Å². The summed E-state index contributed by atoms with van der Waals surface area (Å²) in [6.45, 7) is 0. The molecule has 0 nitrogen and oxygen atoms in total. The van der Waals surface area contributed by atoms with E-state index in [1.807, 2.05) is 0 Å². The van der Waals surface area contributed by atoms with Crippen LogP contribution in [0.2, 0.25) is 0 Å². The van der Waals surface area contributed by atoms with Gasteiger partial charge >= 0.3 is 0 Å². The van der Waals surface area contributed by atoms with Crippen LogP contribution in [0.1, 0.15) is 0 Å². The number of hydrogen-bond acceptors (Lipinski definition) is 0. The quantitative estimate of drug-likeness (QED) is 0.339. The maximum absolute atomic E-state index is 0. The molecule has 0 rings (SSSR count). The summed E-state index contributed by atoms with van der Waals surface area (Å²) in [7, 11) is 0. The predicted octanol–water partition coefficient (Wildman–Crippen LogP) is -0.0100. The Morgan fingerprint density at radius 3 is 0.500 bits per heavy atom. The second-order valence-electron chi connectivity index (χ2n) is 0. The average Bonchev–Trinajstić information content (AvgIpc) is 0. The Balaban J connectivity index is 0. The van der Waals surface area contributed by atoms with Gasteiger partial charge in [0.05, 0.1) is 0 Å². The molecule has 0 amide bonds. The van der Waals surface area contributed by atoms with Gasteiger partial charge in [0.1, 0.15) is 0 Å². The third-order valence-corrected chi connectivity index (χ3v) is 0. The van der Waals surface area contributed by atoms with E-state index in [2.05, 4.69) is 0 Å².